The summed E-state index contributed by atoms with van der Waals surface area (Å²) in [5.74, 6) is 3.83. The molecule has 0 saturated carbocycles. The second kappa shape index (κ2) is 32.9. The molecule has 6 nitrogen and oxygen atoms in total. The van der Waals surface area contributed by atoms with Crippen LogP contribution in [0.5, 0.6) is 0 Å². The molecule has 0 aliphatic carbocycles. The van der Waals surface area contributed by atoms with Gasteiger partial charge in [0.1, 0.15) is 0 Å². The molecule has 0 amide bonds. The third-order valence-corrected chi connectivity index (χ3v) is 20.8. The summed E-state index contributed by atoms with van der Waals surface area (Å²) in [4.78, 5) is 0. The first kappa shape index (κ1) is 66.8. The molecule has 69 heavy (non-hydrogen) atoms. The zero-order chi connectivity index (χ0) is 52.5. The highest BCUT2D eigenvalue weighted by Gasteiger charge is 2.38. The molecular formula is C63H138N6+6. The minimum absolute atomic E-state index is 0.874. The van der Waals surface area contributed by atoms with E-state index in [1.165, 1.54) is 240 Å². The van der Waals surface area contributed by atoms with Crippen molar-refractivity contribution in [3.63, 3.8) is 0 Å². The molecule has 12 unspecified atom stereocenters. The molecule has 0 spiro atoms. The van der Waals surface area contributed by atoms with Gasteiger partial charge in [0.05, 0.1) is 158 Å². The lowest BCUT2D eigenvalue weighted by atomic mass is 9.90. The first-order valence-electron chi connectivity index (χ1n) is 31.3. The van der Waals surface area contributed by atoms with Crippen molar-refractivity contribution in [2.24, 2.45) is 23.7 Å². The Bertz CT molecular complexity index is 1260. The highest BCUT2D eigenvalue weighted by molar-refractivity contribution is 4.70. The van der Waals surface area contributed by atoms with Gasteiger partial charge in [-0.1, -0.05) is 69.2 Å². The molecular weight excluding hydrogens is 841 g/mol. The number of rotatable bonds is 12. The molecule has 6 heterocycles. The Balaban J connectivity index is 0.000000414. The van der Waals surface area contributed by atoms with Gasteiger partial charge in [-0.3, -0.25) is 0 Å². The fourth-order valence-corrected chi connectivity index (χ4v) is 14.7. The Hall–Kier alpha value is -0.240. The summed E-state index contributed by atoms with van der Waals surface area (Å²) in [7, 11) is 14.6. The van der Waals surface area contributed by atoms with Crippen molar-refractivity contribution < 1.29 is 26.9 Å². The molecule has 0 bridgehead atoms. The van der Waals surface area contributed by atoms with Gasteiger partial charge < -0.3 is 26.9 Å². The molecule has 0 N–H and O–H groups in total. The van der Waals surface area contributed by atoms with E-state index >= 15 is 0 Å². The Morgan fingerprint density at radius 2 is 0.768 bits per heavy atom. The number of hydrogen-bond acceptors (Lipinski definition) is 0. The molecule has 0 aromatic carbocycles. The first-order chi connectivity index (χ1) is 32.3. The minimum atomic E-state index is 0.874. The van der Waals surface area contributed by atoms with E-state index < -0.39 is 0 Å². The summed E-state index contributed by atoms with van der Waals surface area (Å²) in [5.41, 5.74) is 0. The molecule has 6 heteroatoms. The van der Waals surface area contributed by atoms with E-state index in [9.17, 15) is 0 Å². The fourth-order valence-electron chi connectivity index (χ4n) is 14.7. The van der Waals surface area contributed by atoms with Crippen molar-refractivity contribution in [2.45, 2.75) is 262 Å². The van der Waals surface area contributed by atoms with Crippen molar-refractivity contribution in [1.29, 1.82) is 0 Å². The van der Waals surface area contributed by atoms with E-state index in [0.717, 1.165) is 53.9 Å². The summed E-state index contributed by atoms with van der Waals surface area (Å²) < 4.78 is 7.95. The normalized spacial score (nSPS) is 41.1. The molecule has 12 atom stereocenters. The molecule has 0 radical (unpaired) electrons. The van der Waals surface area contributed by atoms with Crippen molar-refractivity contribution in [3.05, 3.63) is 0 Å². The number of hydrogen-bond donors (Lipinski definition) is 0. The van der Waals surface area contributed by atoms with E-state index in [1.54, 1.807) is 0 Å². The lowest BCUT2D eigenvalue weighted by molar-refractivity contribution is -0.957. The van der Waals surface area contributed by atoms with Crippen LogP contribution >= 0.6 is 0 Å². The summed E-state index contributed by atoms with van der Waals surface area (Å²) in [5, 5.41) is 0. The number of quaternary nitrogens is 6. The van der Waals surface area contributed by atoms with Crippen LogP contribution in [0, 0.1) is 23.7 Å². The molecule has 0 aromatic heterocycles. The van der Waals surface area contributed by atoms with Crippen molar-refractivity contribution in [1.82, 2.24) is 0 Å². The van der Waals surface area contributed by atoms with Crippen LogP contribution in [-0.2, 0) is 0 Å². The molecule has 6 aliphatic heterocycles. The van der Waals surface area contributed by atoms with Gasteiger partial charge in [-0.2, -0.15) is 0 Å². The molecule has 0 aromatic rings. The van der Waals surface area contributed by atoms with Gasteiger partial charge in [-0.25, -0.2) is 0 Å². The third kappa shape index (κ3) is 23.0. The predicted molar refractivity (Wildman–Crippen MR) is 311 cm³/mol. The number of piperidine rings is 6. The first-order valence-corrected chi connectivity index (χ1v) is 31.3. The second-order valence-corrected chi connectivity index (χ2v) is 27.6. The minimum Gasteiger partial charge on any atom is -0.326 e. The smallest absolute Gasteiger partial charge is 0.0885 e. The van der Waals surface area contributed by atoms with E-state index in [1.807, 2.05) is 0 Å². The lowest BCUT2D eigenvalue weighted by Crippen LogP contribution is -2.59. The van der Waals surface area contributed by atoms with Gasteiger partial charge in [0, 0.05) is 18.3 Å². The molecule has 6 aliphatic rings. The maximum absolute atomic E-state index is 2.44. The van der Waals surface area contributed by atoms with E-state index in [4.69, 9.17) is 0 Å². The fraction of sp³-hybridized carbons (Fsp3) is 1.00. The highest BCUT2D eigenvalue weighted by Crippen LogP contribution is 2.31. The maximum atomic E-state index is 2.44. The van der Waals surface area contributed by atoms with Crippen molar-refractivity contribution >= 4 is 0 Å². The Morgan fingerprint density at radius 3 is 1.26 bits per heavy atom. The number of nitrogens with zero attached hydrogens (tertiary/aromatic N) is 6. The van der Waals surface area contributed by atoms with Gasteiger partial charge in [0.2, 0.25) is 0 Å². The Labute approximate surface area is 438 Å². The predicted octanol–water partition coefficient (Wildman–Crippen LogP) is 15.1. The lowest BCUT2D eigenvalue weighted by Gasteiger charge is -2.48. The SMILES string of the molecule is CCC[N+]1(C)C(C)CCCC1C.CCC[N+]1(C)CCC(C)CC1.CCC[N+]1(C)CCC(C)CC1C.CCC[N+]1(C)CCCC(C)C1.CCC[N+]1(C)CCCC(C)C1C.CCC[N+]1(C)CCCCC1C. The summed E-state index contributed by atoms with van der Waals surface area (Å²) >= 11 is 0. The summed E-state index contributed by atoms with van der Waals surface area (Å²) in [6.45, 7) is 53.6. The van der Waals surface area contributed by atoms with Gasteiger partial charge >= 0.3 is 0 Å². The van der Waals surface area contributed by atoms with E-state index in [0.29, 0.717) is 0 Å². The monoisotopic (exact) mass is 979 g/mol. The van der Waals surface area contributed by atoms with Crippen LogP contribution in [0.1, 0.15) is 232 Å². The van der Waals surface area contributed by atoms with Crippen LogP contribution in [-0.4, -0.2) is 184 Å². The highest BCUT2D eigenvalue weighted by atomic mass is 15.4. The molecule has 6 saturated heterocycles. The van der Waals surface area contributed by atoms with Crippen LogP contribution in [0.2, 0.25) is 0 Å². The van der Waals surface area contributed by atoms with Crippen LogP contribution in [0.4, 0.5) is 0 Å². The Morgan fingerprint density at radius 1 is 0.319 bits per heavy atom. The third-order valence-electron chi connectivity index (χ3n) is 20.8. The van der Waals surface area contributed by atoms with Gasteiger partial charge in [-0.15, -0.1) is 0 Å². The van der Waals surface area contributed by atoms with Gasteiger partial charge in [-0.05, 0) is 168 Å². The summed E-state index contributed by atoms with van der Waals surface area (Å²) in [6.07, 6.45) is 28.2. The standard InChI is InChI=1S/3C11H24N.3C10H22N/c1-5-9-12(4)10(2)7-6-8-11(12)3;1-5-8-12(4)9-6-7-10(2)11(12)3;1-5-7-12(4)8-6-10(2)9-11(12)3;1-4-7-11(3)8-5-10(2)6-9-11;1-4-8-11(3)9-6-5-7-10(11)2;1-4-7-11(3)8-5-6-10(2)9-11/h3*10-11H,5-9H2,1-4H3;3*10H,4-9H2,1-3H3/q6*+1. The molecule has 414 valence electrons. The van der Waals surface area contributed by atoms with Crippen molar-refractivity contribution in [3.8, 4) is 0 Å². The van der Waals surface area contributed by atoms with Gasteiger partial charge in [0.15, 0.2) is 0 Å². The second-order valence-electron chi connectivity index (χ2n) is 27.6. The van der Waals surface area contributed by atoms with E-state index in [-0.39, 0.29) is 0 Å². The van der Waals surface area contributed by atoms with Crippen LogP contribution in [0.3, 0.4) is 0 Å². The number of likely N-dealkylation sites (tertiary alicyclic amines) is 6. The Kier molecular flexibility index (Phi) is 31.9. The quantitative estimate of drug-likeness (QED) is 0.171. The van der Waals surface area contributed by atoms with Crippen molar-refractivity contribution in [2.75, 3.05) is 127 Å². The average Bonchev–Trinajstić information content (AvgIpc) is 3.27. The van der Waals surface area contributed by atoms with Crippen LogP contribution < -0.4 is 0 Å². The van der Waals surface area contributed by atoms with Crippen LogP contribution in [0.25, 0.3) is 0 Å². The van der Waals surface area contributed by atoms with Gasteiger partial charge in [0.25, 0.3) is 0 Å². The zero-order valence-corrected chi connectivity index (χ0v) is 52.2. The summed E-state index contributed by atoms with van der Waals surface area (Å²) in [6, 6.07) is 4.43. The largest absolute Gasteiger partial charge is 0.326 e. The van der Waals surface area contributed by atoms with Crippen LogP contribution in [0.15, 0.2) is 0 Å². The topological polar surface area (TPSA) is 0 Å². The average molecular weight is 980 g/mol. The van der Waals surface area contributed by atoms with E-state index in [2.05, 4.69) is 146 Å². The molecule has 6 rings (SSSR count). The zero-order valence-electron chi connectivity index (χ0n) is 52.2. The molecule has 6 fully saturated rings. The maximum Gasteiger partial charge on any atom is 0.0885 e.